The second-order valence-electron chi connectivity index (χ2n) is 12.2. The lowest BCUT2D eigenvalue weighted by Crippen LogP contribution is -2.57. The van der Waals surface area contributed by atoms with Crippen molar-refractivity contribution < 1.29 is 44.2 Å². The summed E-state index contributed by atoms with van der Waals surface area (Å²) in [6.07, 6.45) is -4.90. The molecule has 2 fully saturated rings. The molecule has 13 atom stereocenters. The van der Waals surface area contributed by atoms with Gasteiger partial charge < -0.3 is 39.4 Å². The zero-order valence-electron chi connectivity index (χ0n) is 23.8. The molecule has 3 aliphatic heterocycles. The van der Waals surface area contributed by atoms with Gasteiger partial charge in [0.15, 0.2) is 6.29 Å². The van der Waals surface area contributed by atoms with E-state index in [1.165, 1.54) is 6.92 Å². The van der Waals surface area contributed by atoms with Crippen molar-refractivity contribution in [2.45, 2.75) is 136 Å². The molecule has 3 rings (SSSR count). The van der Waals surface area contributed by atoms with Crippen LogP contribution in [0.5, 0.6) is 0 Å². The number of aliphatic hydroxyl groups is 4. The molecule has 0 amide bonds. The van der Waals surface area contributed by atoms with E-state index < -0.39 is 71.9 Å². The van der Waals surface area contributed by atoms with Crippen LogP contribution in [0.3, 0.4) is 0 Å². The smallest absolute Gasteiger partial charge is 0.311 e. The Hall–Kier alpha value is -1.23. The lowest BCUT2D eigenvalue weighted by Gasteiger charge is -2.45. The summed E-state index contributed by atoms with van der Waals surface area (Å²) in [5.41, 5.74) is -1.46. The lowest BCUT2D eigenvalue weighted by molar-refractivity contribution is -0.295. The van der Waals surface area contributed by atoms with E-state index in [4.69, 9.17) is 18.9 Å². The maximum absolute atomic E-state index is 13.4. The van der Waals surface area contributed by atoms with Crippen molar-refractivity contribution in [3.63, 3.8) is 0 Å². The van der Waals surface area contributed by atoms with Gasteiger partial charge in [-0.25, -0.2) is 0 Å². The molecule has 0 saturated carbocycles. The lowest BCUT2D eigenvalue weighted by atomic mass is 9.79. The van der Waals surface area contributed by atoms with Gasteiger partial charge in [-0.2, -0.15) is 0 Å². The maximum Gasteiger partial charge on any atom is 0.311 e. The predicted molar refractivity (Wildman–Crippen MR) is 136 cm³/mol. The minimum Gasteiger partial charge on any atom is -0.489 e. The molecule has 9 nitrogen and oxygen atoms in total. The maximum atomic E-state index is 13.4. The highest BCUT2D eigenvalue weighted by Crippen LogP contribution is 2.45. The van der Waals surface area contributed by atoms with Gasteiger partial charge >= 0.3 is 5.97 Å². The van der Waals surface area contributed by atoms with Gasteiger partial charge in [-0.15, -0.1) is 0 Å². The molecule has 37 heavy (non-hydrogen) atoms. The number of carbonyl (C=O) groups excluding carboxylic acids is 1. The standard InChI is InChI=1S/C28H48O9/c1-10-19-14(3)21(29)15(4)22-13(2)11-28(9,37-22)24(30)16(5)23(17(6)26(32)35-19)36-20-12-27(8,33)25(31)18(7)34-20/h14-21,23-25,29-31,33H,10-12H2,1-9H3/t14?,15?,16?,17?,18?,19?,20-,21?,23?,24-,25?,27?,28?/m0/s1. The third-order valence-corrected chi connectivity index (χ3v) is 8.94. The molecule has 3 aliphatic rings. The molecule has 2 saturated heterocycles. The van der Waals surface area contributed by atoms with Gasteiger partial charge in [0.2, 0.25) is 0 Å². The Morgan fingerprint density at radius 2 is 1.62 bits per heavy atom. The van der Waals surface area contributed by atoms with Crippen LogP contribution in [0.4, 0.5) is 0 Å². The third kappa shape index (κ3) is 5.87. The largest absolute Gasteiger partial charge is 0.489 e. The first kappa shape index (κ1) is 30.3. The predicted octanol–water partition coefficient (Wildman–Crippen LogP) is 2.67. The van der Waals surface area contributed by atoms with Crippen molar-refractivity contribution in [2.24, 2.45) is 23.7 Å². The monoisotopic (exact) mass is 528 g/mol. The molecule has 214 valence electrons. The van der Waals surface area contributed by atoms with Gasteiger partial charge in [0.1, 0.15) is 23.6 Å². The minimum absolute atomic E-state index is 0.00348. The SMILES string of the molecule is CCC1OC(=O)C(C)C(O[C@H]2CC(C)(O)C(O)C(C)O2)C(C)[C@H](O)C2(C)CC(C)=C(O2)C(C)C(O)C1C. The number of carbonyl (C=O) groups is 1. The highest BCUT2D eigenvalue weighted by atomic mass is 16.7. The molecule has 9 heteroatoms. The Balaban J connectivity index is 1.99. The first-order chi connectivity index (χ1) is 17.0. The highest BCUT2D eigenvalue weighted by molar-refractivity contribution is 5.73. The van der Waals surface area contributed by atoms with E-state index in [1.54, 1.807) is 20.8 Å². The molecule has 3 heterocycles. The van der Waals surface area contributed by atoms with E-state index in [0.717, 1.165) is 5.57 Å². The number of esters is 1. The van der Waals surface area contributed by atoms with E-state index in [9.17, 15) is 25.2 Å². The van der Waals surface area contributed by atoms with Gasteiger partial charge in [-0.1, -0.05) is 27.7 Å². The van der Waals surface area contributed by atoms with Crippen LogP contribution in [0.2, 0.25) is 0 Å². The molecular weight excluding hydrogens is 480 g/mol. The number of aliphatic hydroxyl groups excluding tert-OH is 3. The number of ether oxygens (including phenoxy) is 4. The molecule has 0 aliphatic carbocycles. The summed E-state index contributed by atoms with van der Waals surface area (Å²) in [7, 11) is 0. The van der Waals surface area contributed by atoms with E-state index in [0.29, 0.717) is 18.6 Å². The zero-order valence-corrected chi connectivity index (χ0v) is 23.8. The molecule has 0 aromatic heterocycles. The van der Waals surface area contributed by atoms with E-state index in [-0.39, 0.29) is 18.3 Å². The average Bonchev–Trinajstić information content (AvgIpc) is 3.15. The molecule has 4 N–H and O–H groups in total. The number of fused-ring (bicyclic) bond motifs is 2. The summed E-state index contributed by atoms with van der Waals surface area (Å²) < 4.78 is 24.5. The summed E-state index contributed by atoms with van der Waals surface area (Å²) >= 11 is 0. The molecule has 0 spiro atoms. The average molecular weight is 529 g/mol. The van der Waals surface area contributed by atoms with E-state index >= 15 is 0 Å². The summed E-state index contributed by atoms with van der Waals surface area (Å²) in [6.45, 7) is 16.1. The highest BCUT2D eigenvalue weighted by Gasteiger charge is 2.51. The number of hydrogen-bond acceptors (Lipinski definition) is 9. The third-order valence-electron chi connectivity index (χ3n) is 8.94. The van der Waals surface area contributed by atoms with Gasteiger partial charge in [-0.05, 0) is 46.6 Å². The second kappa shape index (κ2) is 11.1. The van der Waals surface area contributed by atoms with Crippen molar-refractivity contribution in [3.05, 3.63) is 11.3 Å². The molecule has 2 bridgehead atoms. The minimum atomic E-state index is -1.44. The van der Waals surface area contributed by atoms with Crippen molar-refractivity contribution in [1.29, 1.82) is 0 Å². The number of cyclic esters (lactones) is 1. The zero-order chi connectivity index (χ0) is 28.0. The van der Waals surface area contributed by atoms with Gasteiger partial charge in [-0.3, -0.25) is 4.79 Å². The molecular formula is C28H48O9. The normalized spacial score (nSPS) is 50.0. The fourth-order valence-electron chi connectivity index (χ4n) is 6.43. The van der Waals surface area contributed by atoms with Gasteiger partial charge in [0.25, 0.3) is 0 Å². The number of hydrogen-bond donors (Lipinski definition) is 4. The summed E-state index contributed by atoms with van der Waals surface area (Å²) in [4.78, 5) is 13.4. The van der Waals surface area contributed by atoms with Crippen LogP contribution < -0.4 is 0 Å². The van der Waals surface area contributed by atoms with Crippen LogP contribution in [0.1, 0.15) is 81.6 Å². The Labute approximate surface area is 221 Å². The summed E-state index contributed by atoms with van der Waals surface area (Å²) in [5.74, 6) is -1.92. The van der Waals surface area contributed by atoms with Crippen molar-refractivity contribution in [1.82, 2.24) is 0 Å². The molecule has 0 radical (unpaired) electrons. The quantitative estimate of drug-likeness (QED) is 0.408. The topological polar surface area (TPSA) is 135 Å². The molecule has 0 aromatic rings. The van der Waals surface area contributed by atoms with E-state index in [1.807, 2.05) is 34.6 Å². The van der Waals surface area contributed by atoms with Crippen molar-refractivity contribution >= 4 is 5.97 Å². The van der Waals surface area contributed by atoms with Crippen LogP contribution in [0.25, 0.3) is 0 Å². The van der Waals surface area contributed by atoms with E-state index in [2.05, 4.69) is 0 Å². The van der Waals surface area contributed by atoms with Crippen LogP contribution in [-0.4, -0.2) is 80.5 Å². The van der Waals surface area contributed by atoms with Gasteiger partial charge in [0.05, 0.1) is 35.9 Å². The number of rotatable bonds is 3. The Morgan fingerprint density at radius 3 is 2.19 bits per heavy atom. The fourth-order valence-corrected chi connectivity index (χ4v) is 6.43. The van der Waals surface area contributed by atoms with Crippen molar-refractivity contribution in [3.8, 4) is 0 Å². The Bertz CT molecular complexity index is 857. The van der Waals surface area contributed by atoms with Crippen LogP contribution in [-0.2, 0) is 23.7 Å². The van der Waals surface area contributed by atoms with Crippen LogP contribution in [0.15, 0.2) is 11.3 Å². The Morgan fingerprint density at radius 1 is 1.00 bits per heavy atom. The molecule has 11 unspecified atom stereocenters. The van der Waals surface area contributed by atoms with Crippen LogP contribution >= 0.6 is 0 Å². The first-order valence-corrected chi connectivity index (χ1v) is 13.7. The fraction of sp³-hybridized carbons (Fsp3) is 0.893. The Kier molecular flexibility index (Phi) is 9.09. The van der Waals surface area contributed by atoms with Crippen molar-refractivity contribution in [2.75, 3.05) is 0 Å². The first-order valence-electron chi connectivity index (χ1n) is 13.7. The summed E-state index contributed by atoms with van der Waals surface area (Å²) in [5, 5.41) is 43.9. The van der Waals surface area contributed by atoms with Crippen LogP contribution in [0, 0.1) is 23.7 Å². The van der Waals surface area contributed by atoms with Gasteiger partial charge in [0, 0.05) is 30.6 Å². The second-order valence-corrected chi connectivity index (χ2v) is 12.2. The molecule has 0 aromatic carbocycles. The summed E-state index contributed by atoms with van der Waals surface area (Å²) in [6, 6.07) is 0.